The summed E-state index contributed by atoms with van der Waals surface area (Å²) in [5, 5.41) is 9.92. The Morgan fingerprint density at radius 3 is 1.35 bits per heavy atom. The standard InChI is InChI=1S/C36H72N10/c1-27-20-31(5)43(37-27)16-12-41(13-17-44-32(6)21-28(2)38-44)25-35-10-9-11-36(24-35)26-42(14-18-45-33(7)22-29(3)39-45)15-19-46-34(8)23-30(4)40-46/h20,27-30,32-40H,9-19,21-26H2,1-8H3. The predicted octanol–water partition coefficient (Wildman–Crippen LogP) is 3.47. The van der Waals surface area contributed by atoms with Crippen molar-refractivity contribution >= 4 is 0 Å². The third-order valence-electron chi connectivity index (χ3n) is 11.7. The fraction of sp³-hybridized carbons (Fsp3) is 0.944. The lowest BCUT2D eigenvalue weighted by Gasteiger charge is -2.38. The normalized spacial score (nSPS) is 36.6. The van der Waals surface area contributed by atoms with Gasteiger partial charge in [-0.1, -0.05) is 6.42 Å². The highest BCUT2D eigenvalue weighted by Gasteiger charge is 2.31. The van der Waals surface area contributed by atoms with Gasteiger partial charge in [0.1, 0.15) is 0 Å². The summed E-state index contributed by atoms with van der Waals surface area (Å²) in [6.07, 6.45) is 11.6. The molecule has 4 N–H and O–H groups in total. The first kappa shape index (κ1) is 36.5. The van der Waals surface area contributed by atoms with Gasteiger partial charge in [0.25, 0.3) is 0 Å². The van der Waals surface area contributed by atoms with Crippen LogP contribution in [0.5, 0.6) is 0 Å². The quantitative estimate of drug-likeness (QED) is 0.201. The molecule has 46 heavy (non-hydrogen) atoms. The maximum atomic E-state index is 3.73. The Labute approximate surface area is 282 Å². The molecule has 1 saturated carbocycles. The molecule has 0 aromatic carbocycles. The Morgan fingerprint density at radius 1 is 0.587 bits per heavy atom. The maximum absolute atomic E-state index is 3.73. The van der Waals surface area contributed by atoms with Gasteiger partial charge in [0, 0.05) is 113 Å². The van der Waals surface area contributed by atoms with Crippen molar-refractivity contribution in [1.82, 2.24) is 51.5 Å². The first-order valence-electron chi connectivity index (χ1n) is 19.3. The molecule has 0 radical (unpaired) electrons. The van der Waals surface area contributed by atoms with E-state index in [1.165, 1.54) is 63.7 Å². The molecule has 0 aromatic heterocycles. The molecule has 0 aromatic rings. The minimum atomic E-state index is 0.437. The van der Waals surface area contributed by atoms with Crippen LogP contribution in [0.4, 0.5) is 0 Å². The van der Waals surface area contributed by atoms with Crippen LogP contribution in [0.1, 0.15) is 100 Å². The van der Waals surface area contributed by atoms with Crippen molar-refractivity contribution in [1.29, 1.82) is 0 Å². The summed E-state index contributed by atoms with van der Waals surface area (Å²) in [5.41, 5.74) is 16.2. The first-order chi connectivity index (χ1) is 22.0. The van der Waals surface area contributed by atoms with Gasteiger partial charge < -0.3 is 9.91 Å². The molecule has 0 spiro atoms. The number of rotatable bonds is 16. The summed E-state index contributed by atoms with van der Waals surface area (Å²) in [6.45, 7) is 30.1. The van der Waals surface area contributed by atoms with E-state index in [0.29, 0.717) is 42.3 Å². The average Bonchev–Trinajstić information content (AvgIpc) is 3.71. The van der Waals surface area contributed by atoms with Crippen LogP contribution in [0.15, 0.2) is 11.8 Å². The molecule has 3 saturated heterocycles. The van der Waals surface area contributed by atoms with Gasteiger partial charge in [-0.25, -0.2) is 20.5 Å². The first-order valence-corrected chi connectivity index (χ1v) is 19.3. The van der Waals surface area contributed by atoms with Crippen molar-refractivity contribution in [3.8, 4) is 0 Å². The molecule has 266 valence electrons. The fourth-order valence-corrected chi connectivity index (χ4v) is 9.28. The van der Waals surface area contributed by atoms with Crippen molar-refractivity contribution in [2.75, 3.05) is 65.4 Å². The van der Waals surface area contributed by atoms with Gasteiger partial charge in [-0.3, -0.25) is 21.2 Å². The van der Waals surface area contributed by atoms with Gasteiger partial charge >= 0.3 is 0 Å². The van der Waals surface area contributed by atoms with Crippen LogP contribution in [0.3, 0.4) is 0 Å². The van der Waals surface area contributed by atoms with Gasteiger partial charge in [-0.05, 0) is 112 Å². The summed E-state index contributed by atoms with van der Waals surface area (Å²) >= 11 is 0. The number of allylic oxidation sites excluding steroid dienone is 1. The van der Waals surface area contributed by atoms with Crippen LogP contribution in [-0.4, -0.2) is 138 Å². The van der Waals surface area contributed by atoms with E-state index in [0.717, 1.165) is 64.2 Å². The second-order valence-electron chi connectivity index (χ2n) is 16.3. The number of nitrogens with zero attached hydrogens (tertiary/aromatic N) is 6. The van der Waals surface area contributed by atoms with Crippen LogP contribution < -0.4 is 21.7 Å². The number of hydrogen-bond acceptors (Lipinski definition) is 10. The molecule has 5 aliphatic rings. The lowest BCUT2D eigenvalue weighted by Crippen LogP contribution is -2.48. The predicted molar refractivity (Wildman–Crippen MR) is 192 cm³/mol. The molecule has 4 aliphatic heterocycles. The highest BCUT2D eigenvalue weighted by atomic mass is 15.6. The van der Waals surface area contributed by atoms with Crippen molar-refractivity contribution in [3.63, 3.8) is 0 Å². The fourth-order valence-electron chi connectivity index (χ4n) is 9.28. The van der Waals surface area contributed by atoms with Gasteiger partial charge in [0.05, 0.1) is 0 Å². The SMILES string of the molecule is CC1=CC(C)NN1CCN(CCN1NC(C)CC1C)CC1CCCC(CN(CCN2NC(C)CC2C)CCN2NC(C)CC2C)C1. The Hall–Kier alpha value is -0.820. The zero-order valence-corrected chi connectivity index (χ0v) is 31.0. The molecule has 4 heterocycles. The molecular formula is C36H72N10. The van der Waals surface area contributed by atoms with Crippen LogP contribution in [-0.2, 0) is 0 Å². The van der Waals surface area contributed by atoms with Gasteiger partial charge in [0.2, 0.25) is 0 Å². The van der Waals surface area contributed by atoms with E-state index in [4.69, 9.17) is 0 Å². The molecule has 10 nitrogen and oxygen atoms in total. The maximum Gasteiger partial charge on any atom is 0.0468 e. The van der Waals surface area contributed by atoms with E-state index in [2.05, 4.69) is 113 Å². The van der Waals surface area contributed by atoms with E-state index in [1.54, 1.807) is 0 Å². The van der Waals surface area contributed by atoms with Crippen molar-refractivity contribution in [2.45, 2.75) is 143 Å². The third-order valence-corrected chi connectivity index (χ3v) is 11.7. The monoisotopic (exact) mass is 645 g/mol. The summed E-state index contributed by atoms with van der Waals surface area (Å²) in [6, 6.07) is 4.10. The molecule has 5 rings (SSSR count). The summed E-state index contributed by atoms with van der Waals surface area (Å²) in [4.78, 5) is 5.61. The van der Waals surface area contributed by atoms with Crippen molar-refractivity contribution in [2.24, 2.45) is 11.8 Å². The third kappa shape index (κ3) is 10.6. The molecule has 0 amide bonds. The van der Waals surface area contributed by atoms with E-state index in [1.807, 2.05) is 0 Å². The van der Waals surface area contributed by atoms with Gasteiger partial charge in [0.15, 0.2) is 0 Å². The second kappa shape index (κ2) is 17.2. The highest BCUT2D eigenvalue weighted by molar-refractivity contribution is 5.07. The largest absolute Gasteiger partial charge is 0.311 e. The molecule has 4 fully saturated rings. The van der Waals surface area contributed by atoms with Crippen molar-refractivity contribution < 1.29 is 0 Å². The van der Waals surface area contributed by atoms with Gasteiger partial charge in [-0.2, -0.15) is 0 Å². The van der Waals surface area contributed by atoms with Gasteiger partial charge in [-0.15, -0.1) is 0 Å². The Morgan fingerprint density at radius 2 is 1.00 bits per heavy atom. The molecule has 0 bridgehead atoms. The van der Waals surface area contributed by atoms with E-state index < -0.39 is 0 Å². The lowest BCUT2D eigenvalue weighted by atomic mass is 9.80. The molecule has 9 unspecified atom stereocenters. The Bertz CT molecular complexity index is 920. The smallest absolute Gasteiger partial charge is 0.0468 e. The zero-order chi connectivity index (χ0) is 32.8. The summed E-state index contributed by atoms with van der Waals surface area (Å²) in [7, 11) is 0. The van der Waals surface area contributed by atoms with E-state index >= 15 is 0 Å². The Balaban J connectivity index is 1.16. The number of hydrazine groups is 4. The lowest BCUT2D eigenvalue weighted by molar-refractivity contribution is 0.0923. The summed E-state index contributed by atoms with van der Waals surface area (Å²) < 4.78 is 0. The van der Waals surface area contributed by atoms with E-state index in [-0.39, 0.29) is 0 Å². The van der Waals surface area contributed by atoms with Crippen molar-refractivity contribution in [3.05, 3.63) is 11.8 Å². The molecular weight excluding hydrogens is 572 g/mol. The highest BCUT2D eigenvalue weighted by Crippen LogP contribution is 2.31. The van der Waals surface area contributed by atoms with Crippen LogP contribution in [0, 0.1) is 11.8 Å². The molecule has 9 atom stereocenters. The van der Waals surface area contributed by atoms with E-state index in [9.17, 15) is 0 Å². The van der Waals surface area contributed by atoms with Crippen LogP contribution >= 0.6 is 0 Å². The minimum absolute atomic E-state index is 0.437. The van der Waals surface area contributed by atoms with Crippen LogP contribution in [0.2, 0.25) is 0 Å². The minimum Gasteiger partial charge on any atom is -0.311 e. The number of nitrogens with one attached hydrogen (secondary N) is 4. The topological polar surface area (TPSA) is 67.6 Å². The number of hydrogen-bond donors (Lipinski definition) is 4. The van der Waals surface area contributed by atoms with Crippen LogP contribution in [0.25, 0.3) is 0 Å². The molecule has 10 heteroatoms. The Kier molecular flexibility index (Phi) is 13.6. The molecule has 1 aliphatic carbocycles. The second-order valence-corrected chi connectivity index (χ2v) is 16.3. The zero-order valence-electron chi connectivity index (χ0n) is 31.0. The average molecular weight is 645 g/mol. The summed E-state index contributed by atoms with van der Waals surface area (Å²) in [5.74, 6) is 1.60.